The largest absolute Gasteiger partial charge is 0.488 e. The van der Waals surface area contributed by atoms with Crippen molar-refractivity contribution in [3.63, 3.8) is 0 Å². The van der Waals surface area contributed by atoms with E-state index in [9.17, 15) is 5.11 Å². The van der Waals surface area contributed by atoms with Gasteiger partial charge in [0.05, 0.1) is 24.6 Å². The Balaban J connectivity index is 1.93. The van der Waals surface area contributed by atoms with Crippen LogP contribution in [-0.4, -0.2) is 65.6 Å². The Morgan fingerprint density at radius 2 is 1.62 bits per heavy atom. The highest BCUT2D eigenvalue weighted by molar-refractivity contribution is 5.58. The minimum atomic E-state index is -0.111. The predicted octanol–water partition coefficient (Wildman–Crippen LogP) is 2.91. The number of benzene rings is 2. The average Bonchev–Trinajstić information content (AvgIpc) is 2.74. The summed E-state index contributed by atoms with van der Waals surface area (Å²) in [4.78, 5) is 1.80. The lowest BCUT2D eigenvalue weighted by Gasteiger charge is -2.24. The highest BCUT2D eigenvalue weighted by Crippen LogP contribution is 2.28. The van der Waals surface area contributed by atoms with Gasteiger partial charge in [-0.15, -0.1) is 0 Å². The zero-order valence-electron chi connectivity index (χ0n) is 17.5. The van der Waals surface area contributed by atoms with E-state index in [1.54, 1.807) is 19.1 Å². The normalized spacial score (nSPS) is 10.6. The van der Waals surface area contributed by atoms with Crippen molar-refractivity contribution in [2.45, 2.75) is 6.92 Å². The van der Waals surface area contributed by atoms with Crippen LogP contribution in [0.4, 0.5) is 11.4 Å². The molecule has 0 bridgehead atoms. The first-order valence-corrected chi connectivity index (χ1v) is 9.72. The van der Waals surface area contributed by atoms with E-state index in [1.165, 1.54) is 0 Å². The first-order valence-electron chi connectivity index (χ1n) is 9.72. The fourth-order valence-corrected chi connectivity index (χ4v) is 2.80. The molecule has 0 heterocycles. The van der Waals surface area contributed by atoms with Crippen LogP contribution in [0.15, 0.2) is 42.5 Å². The third-order valence-corrected chi connectivity index (χ3v) is 4.30. The van der Waals surface area contributed by atoms with Gasteiger partial charge in [0.25, 0.3) is 0 Å². The smallest absolute Gasteiger partial charge is 0.142 e. The van der Waals surface area contributed by atoms with E-state index in [-0.39, 0.29) is 6.73 Å². The highest BCUT2D eigenvalue weighted by Gasteiger charge is 2.11. The molecule has 0 aromatic heterocycles. The molecule has 0 saturated heterocycles. The minimum absolute atomic E-state index is 0.111. The molecule has 7 heteroatoms. The Kier molecular flexibility index (Phi) is 10.1. The first kappa shape index (κ1) is 22.8. The van der Waals surface area contributed by atoms with Gasteiger partial charge in [-0.2, -0.15) is 0 Å². The number of hydrogen-bond acceptors (Lipinski definition) is 7. The van der Waals surface area contributed by atoms with Crippen molar-refractivity contribution < 1.29 is 24.1 Å². The number of ether oxygens (including phenoxy) is 4. The fourth-order valence-electron chi connectivity index (χ4n) is 2.80. The number of aliphatic hydroxyl groups is 1. The summed E-state index contributed by atoms with van der Waals surface area (Å²) in [5.41, 5.74) is 2.88. The third kappa shape index (κ3) is 7.45. The van der Waals surface area contributed by atoms with Crippen molar-refractivity contribution in [1.82, 2.24) is 0 Å². The number of aliphatic hydroxyl groups excluding tert-OH is 1. The SMILES string of the molecule is COCCNc1ccc(C)cc1OCCOc1ccccc1N(CO)CCOC. The molecule has 0 unspecified atom stereocenters. The van der Waals surface area contributed by atoms with Gasteiger partial charge in [0, 0.05) is 27.3 Å². The molecule has 160 valence electrons. The topological polar surface area (TPSA) is 72.4 Å². The molecule has 0 aliphatic heterocycles. The zero-order valence-corrected chi connectivity index (χ0v) is 17.5. The maximum Gasteiger partial charge on any atom is 0.142 e. The highest BCUT2D eigenvalue weighted by atomic mass is 16.5. The molecule has 0 saturated carbocycles. The standard InChI is InChI=1S/C22H32N2O5/c1-18-8-9-19(23-10-12-26-2)22(16-18)29-15-14-28-21-7-5-4-6-20(21)24(17-25)11-13-27-3/h4-9,16,23,25H,10-15,17H2,1-3H3. The van der Waals surface area contributed by atoms with E-state index in [0.717, 1.165) is 22.7 Å². The Hall–Kier alpha value is -2.48. The van der Waals surface area contributed by atoms with Crippen LogP contribution in [0.5, 0.6) is 11.5 Å². The number of methoxy groups -OCH3 is 2. The van der Waals surface area contributed by atoms with Gasteiger partial charge in [-0.1, -0.05) is 18.2 Å². The lowest BCUT2D eigenvalue weighted by Crippen LogP contribution is -2.28. The maximum absolute atomic E-state index is 9.67. The number of para-hydroxylation sites is 2. The molecule has 0 aliphatic carbocycles. The summed E-state index contributed by atoms with van der Waals surface area (Å²) in [6.45, 7) is 5.12. The average molecular weight is 405 g/mol. The van der Waals surface area contributed by atoms with Crippen LogP contribution in [0.1, 0.15) is 5.56 Å². The first-order chi connectivity index (χ1) is 14.2. The van der Waals surface area contributed by atoms with E-state index < -0.39 is 0 Å². The molecule has 2 aromatic rings. The molecule has 7 nitrogen and oxygen atoms in total. The summed E-state index contributed by atoms with van der Waals surface area (Å²) in [5, 5.41) is 13.0. The van der Waals surface area contributed by atoms with Crippen LogP contribution in [0.25, 0.3) is 0 Å². The summed E-state index contributed by atoms with van der Waals surface area (Å²) in [5.74, 6) is 1.49. The number of nitrogens with zero attached hydrogens (tertiary/aromatic N) is 1. The third-order valence-electron chi connectivity index (χ3n) is 4.30. The van der Waals surface area contributed by atoms with Crippen molar-refractivity contribution in [1.29, 1.82) is 0 Å². The Morgan fingerprint density at radius 1 is 0.897 bits per heavy atom. The molecule has 0 fully saturated rings. The molecule has 0 atom stereocenters. The van der Waals surface area contributed by atoms with Gasteiger partial charge >= 0.3 is 0 Å². The Labute approximate surface area is 173 Å². The van der Waals surface area contributed by atoms with E-state index in [2.05, 4.69) is 5.32 Å². The van der Waals surface area contributed by atoms with Crippen LogP contribution in [0, 0.1) is 6.92 Å². The monoisotopic (exact) mass is 404 g/mol. The van der Waals surface area contributed by atoms with Gasteiger partial charge in [0.2, 0.25) is 0 Å². The molecule has 0 radical (unpaired) electrons. The van der Waals surface area contributed by atoms with Crippen molar-refractivity contribution in [2.24, 2.45) is 0 Å². The second-order valence-corrected chi connectivity index (χ2v) is 6.48. The van der Waals surface area contributed by atoms with Gasteiger partial charge in [-0.25, -0.2) is 0 Å². The summed E-state index contributed by atoms with van der Waals surface area (Å²) in [7, 11) is 3.32. The van der Waals surface area contributed by atoms with Crippen LogP contribution >= 0.6 is 0 Å². The molecular formula is C22H32N2O5. The zero-order chi connectivity index (χ0) is 20.9. The predicted molar refractivity (Wildman–Crippen MR) is 115 cm³/mol. The number of rotatable bonds is 14. The number of hydrogen-bond donors (Lipinski definition) is 2. The van der Waals surface area contributed by atoms with Crippen molar-refractivity contribution in [2.75, 3.05) is 70.7 Å². The minimum Gasteiger partial charge on any atom is -0.488 e. The van der Waals surface area contributed by atoms with E-state index in [4.69, 9.17) is 18.9 Å². The molecule has 0 spiro atoms. The number of aryl methyl sites for hydroxylation is 1. The van der Waals surface area contributed by atoms with E-state index in [1.807, 2.05) is 49.4 Å². The van der Waals surface area contributed by atoms with Crippen molar-refractivity contribution in [3.05, 3.63) is 48.0 Å². The summed E-state index contributed by atoms with van der Waals surface area (Å²) < 4.78 is 22.1. The summed E-state index contributed by atoms with van der Waals surface area (Å²) in [6.07, 6.45) is 0. The Bertz CT molecular complexity index is 726. The summed E-state index contributed by atoms with van der Waals surface area (Å²) in [6, 6.07) is 13.7. The second-order valence-electron chi connectivity index (χ2n) is 6.48. The lowest BCUT2D eigenvalue weighted by atomic mass is 10.2. The number of nitrogens with one attached hydrogen (secondary N) is 1. The fraction of sp³-hybridized carbons (Fsp3) is 0.455. The van der Waals surface area contributed by atoms with Crippen LogP contribution in [-0.2, 0) is 9.47 Å². The van der Waals surface area contributed by atoms with E-state index in [0.29, 0.717) is 45.3 Å². The van der Waals surface area contributed by atoms with Gasteiger partial charge in [0.1, 0.15) is 31.4 Å². The van der Waals surface area contributed by atoms with Crippen LogP contribution in [0.3, 0.4) is 0 Å². The molecule has 0 amide bonds. The molecule has 2 rings (SSSR count). The van der Waals surface area contributed by atoms with Gasteiger partial charge in [-0.3, -0.25) is 0 Å². The maximum atomic E-state index is 9.67. The van der Waals surface area contributed by atoms with Crippen LogP contribution in [0.2, 0.25) is 0 Å². The van der Waals surface area contributed by atoms with Crippen LogP contribution < -0.4 is 19.7 Å². The van der Waals surface area contributed by atoms with Gasteiger partial charge < -0.3 is 34.3 Å². The summed E-state index contributed by atoms with van der Waals surface area (Å²) >= 11 is 0. The lowest BCUT2D eigenvalue weighted by molar-refractivity contribution is 0.193. The number of anilines is 2. The van der Waals surface area contributed by atoms with Crippen molar-refractivity contribution in [3.8, 4) is 11.5 Å². The molecular weight excluding hydrogens is 372 g/mol. The van der Waals surface area contributed by atoms with Gasteiger partial charge in [-0.05, 0) is 36.8 Å². The molecule has 2 aromatic carbocycles. The molecule has 29 heavy (non-hydrogen) atoms. The Morgan fingerprint density at radius 3 is 2.34 bits per heavy atom. The molecule has 0 aliphatic rings. The van der Waals surface area contributed by atoms with Crippen molar-refractivity contribution >= 4 is 11.4 Å². The second kappa shape index (κ2) is 12.9. The molecule has 2 N–H and O–H groups in total. The quantitative estimate of drug-likeness (QED) is 0.370. The van der Waals surface area contributed by atoms with Gasteiger partial charge in [0.15, 0.2) is 0 Å². The van der Waals surface area contributed by atoms with E-state index >= 15 is 0 Å².